The molecule has 456 valence electrons. The monoisotopic (exact) mass is 1170 g/mol. The number of aliphatic hydroxyl groups is 6. The average Bonchev–Trinajstić information content (AvgIpc) is 1.40. The van der Waals surface area contributed by atoms with E-state index in [0.29, 0.717) is 24.0 Å². The topological polar surface area (TPSA) is 310 Å². The van der Waals surface area contributed by atoms with E-state index >= 15 is 38.4 Å². The Hall–Kier alpha value is -5.12. The van der Waals surface area contributed by atoms with Crippen molar-refractivity contribution in [1.82, 2.24) is 10.6 Å². The Morgan fingerprint density at radius 2 is 1.15 bits per heavy atom. The Labute approximate surface area is 493 Å². The summed E-state index contributed by atoms with van der Waals surface area (Å²) in [5.41, 5.74) is -14.7. The van der Waals surface area contributed by atoms with Crippen molar-refractivity contribution in [3.8, 4) is 0 Å². The second-order valence-electron chi connectivity index (χ2n) is 29.6. The highest BCUT2D eigenvalue weighted by atomic mass is 16.7. The van der Waals surface area contributed by atoms with E-state index in [1.165, 1.54) is 13.8 Å². The molecule has 26 atom stereocenters. The highest BCUT2D eigenvalue weighted by Crippen LogP contribution is 2.92. The summed E-state index contributed by atoms with van der Waals surface area (Å²) in [6.45, 7) is 21.8. The second kappa shape index (κ2) is 17.4. The summed E-state index contributed by atoms with van der Waals surface area (Å²) in [6.07, 6.45) is -4.00. The van der Waals surface area contributed by atoms with Crippen LogP contribution in [0, 0.1) is 98.1 Å². The van der Waals surface area contributed by atoms with Crippen LogP contribution in [0.1, 0.15) is 122 Å². The third-order valence-electron chi connectivity index (χ3n) is 25.3. The Morgan fingerprint density at radius 1 is 0.635 bits per heavy atom. The average molecular weight is 1170 g/mol. The number of nitrogens with one attached hydrogen (secondary N) is 2. The number of rotatable bonds is 4. The summed E-state index contributed by atoms with van der Waals surface area (Å²) in [6, 6.07) is -1.19. The van der Waals surface area contributed by atoms with E-state index in [-0.39, 0.29) is 48.7 Å². The molecule has 2 amide bonds. The van der Waals surface area contributed by atoms with Gasteiger partial charge in [0.25, 0.3) is 5.78 Å². The molecule has 0 aromatic rings. The lowest BCUT2D eigenvalue weighted by Crippen LogP contribution is -2.87. The molecule has 7 heterocycles. The zero-order valence-corrected chi connectivity index (χ0v) is 50.3. The summed E-state index contributed by atoms with van der Waals surface area (Å²) < 4.78 is 21.0. The molecule has 19 nitrogen and oxygen atoms in total. The predicted molar refractivity (Wildman–Crippen MR) is 298 cm³/mol. The van der Waals surface area contributed by atoms with Gasteiger partial charge in [0.05, 0.1) is 58.9 Å². The van der Waals surface area contributed by atoms with E-state index < -0.39 is 210 Å². The van der Waals surface area contributed by atoms with Crippen molar-refractivity contribution in [2.75, 3.05) is 0 Å². The molecule has 0 unspecified atom stereocenters. The second-order valence-corrected chi connectivity index (χ2v) is 29.6. The van der Waals surface area contributed by atoms with Crippen molar-refractivity contribution in [3.05, 3.63) is 69.1 Å². The standard InChI is InChI=1S/C66H80N2O17/c1-23(2)17-35-42-29(9)27(7)21-33-19-25(5)13-15-37(69)47(72)39-40(50(74)59(33,42)57(78)67-35)53-61-44(48(39)83-53)31(11)49(73)63(80,56(61)77)65-55-45-41-51(75)60-34(22-28(8)30(10)43(60)36(18-24(3)4)68-58(60)79)20-26(6)14-16-38(70)64(45,81)85-66(65,82)52(76)46(71)32(12)62(61,65)54(41)84-55/h19-24,29-30,33-43,45,48,53-55,69-71,80-82H,13-18H2,1-12H3,(H,67,78)(H,68,79)/b25-19+,26-20+/t29-,30-,33+,34+,35+,36+,37-,38-,39-,40-,41-,42+,43+,45+,48-,53+,54+,55-,59+,60+,61-,62-,63+,64+,65+,66-/m1/s1. The lowest BCUT2D eigenvalue weighted by Gasteiger charge is -2.69. The van der Waals surface area contributed by atoms with Gasteiger partial charge in [0.2, 0.25) is 29.0 Å². The van der Waals surface area contributed by atoms with Crippen LogP contribution in [0.25, 0.3) is 0 Å². The molecule has 6 bridgehead atoms. The van der Waals surface area contributed by atoms with Crippen LogP contribution in [0.2, 0.25) is 0 Å². The Morgan fingerprint density at radius 3 is 1.68 bits per heavy atom. The van der Waals surface area contributed by atoms with Gasteiger partial charge in [-0.15, -0.1) is 0 Å². The van der Waals surface area contributed by atoms with Crippen LogP contribution in [-0.2, 0) is 52.6 Å². The largest absolute Gasteiger partial charge is 0.504 e. The molecule has 7 aliphatic carbocycles. The molecule has 7 aliphatic heterocycles. The molecule has 1 saturated carbocycles. The van der Waals surface area contributed by atoms with E-state index in [1.54, 1.807) is 13.8 Å². The number of aliphatic hydroxyl groups excluding tert-OH is 3. The molecule has 0 radical (unpaired) electrons. The number of hydrogen-bond donors (Lipinski definition) is 8. The van der Waals surface area contributed by atoms with Crippen LogP contribution in [0.3, 0.4) is 0 Å². The smallest absolute Gasteiger partial charge is 0.256 e. The van der Waals surface area contributed by atoms with Crippen LogP contribution in [0.15, 0.2) is 69.1 Å². The summed E-state index contributed by atoms with van der Waals surface area (Å²) in [5.74, 6) is -28.7. The SMILES string of the molecule is CC1=C[C@@H]2/C=C(\C)CC[C@@H](O)C(=O)[C@H]3[C@H](C(=O)[C@]24C(=O)N[C@@H](CC(C)C)[C@@H]4[C@@H]1C)[C@@H]1O[C@H]3C2=C(C)C(=O)[C@]3(O)C(=O)[C@@]21[C@@]12C(C)=C(O)C(=O)[C@@]4(O)O[C@]5(O)[C@H]6[C@H](C(=O)[C@@]78C(=O)N[C@@H](CC(C)C)[C@@H]7[C@H](C)C(C)=C[C@@H]8/C=C(\C)CC[C@H]5O)[C@@H]1O[C@H]6[C@@]324. The van der Waals surface area contributed by atoms with Crippen LogP contribution in [0.4, 0.5) is 0 Å². The molecule has 8 fully saturated rings. The third kappa shape index (κ3) is 5.74. The number of allylic oxidation sites excluding steroid dienone is 8. The summed E-state index contributed by atoms with van der Waals surface area (Å²) in [4.78, 5) is 131. The number of amides is 2. The lowest BCUT2D eigenvalue weighted by atomic mass is 9.34. The van der Waals surface area contributed by atoms with Gasteiger partial charge in [0, 0.05) is 35.8 Å². The molecule has 85 heavy (non-hydrogen) atoms. The fraction of sp³-hybridized carbons (Fsp3) is 0.697. The molecule has 14 aliphatic rings. The predicted octanol–water partition coefficient (Wildman–Crippen LogP) is 3.64. The first-order valence-corrected chi connectivity index (χ1v) is 31.0. The van der Waals surface area contributed by atoms with Crippen molar-refractivity contribution in [2.24, 2.45) is 98.1 Å². The number of carbonyl (C=O) groups is 8. The van der Waals surface area contributed by atoms with Crippen molar-refractivity contribution >= 4 is 46.5 Å². The molecule has 19 heteroatoms. The van der Waals surface area contributed by atoms with E-state index in [4.69, 9.17) is 14.2 Å². The van der Waals surface area contributed by atoms with Crippen LogP contribution >= 0.6 is 0 Å². The van der Waals surface area contributed by atoms with Crippen LogP contribution in [-0.4, -0.2) is 143 Å². The molecular formula is C66H80N2O17. The maximum absolute atomic E-state index is 17.6. The van der Waals surface area contributed by atoms with Gasteiger partial charge >= 0.3 is 0 Å². The zero-order chi connectivity index (χ0) is 61.4. The van der Waals surface area contributed by atoms with Gasteiger partial charge < -0.3 is 55.5 Å². The minimum atomic E-state index is -3.91. The van der Waals surface area contributed by atoms with Gasteiger partial charge in [-0.25, -0.2) is 0 Å². The fourth-order valence-corrected chi connectivity index (χ4v) is 22.4. The van der Waals surface area contributed by atoms with Gasteiger partial charge in [0.15, 0.2) is 34.7 Å². The highest BCUT2D eigenvalue weighted by molar-refractivity contribution is 6.29. The van der Waals surface area contributed by atoms with Crippen LogP contribution in [0.5, 0.6) is 0 Å². The molecular weight excluding hydrogens is 1090 g/mol. The Bertz CT molecular complexity index is 3440. The number of carbonyl (C=O) groups excluding carboxylic acids is 8. The number of fused-ring (bicyclic) bond motifs is 9. The normalized spacial score (nSPS) is 53.8. The minimum absolute atomic E-state index is 0.00894. The van der Waals surface area contributed by atoms with E-state index in [0.717, 1.165) is 11.1 Å². The highest BCUT2D eigenvalue weighted by Gasteiger charge is 3.07. The third-order valence-corrected chi connectivity index (χ3v) is 25.3. The van der Waals surface area contributed by atoms with E-state index in [2.05, 4.69) is 10.6 Å². The number of hydrogen-bond acceptors (Lipinski definition) is 17. The molecule has 14 rings (SSSR count). The first-order valence-electron chi connectivity index (χ1n) is 31.0. The van der Waals surface area contributed by atoms with Crippen molar-refractivity contribution in [3.63, 3.8) is 0 Å². The van der Waals surface area contributed by atoms with Gasteiger partial charge in [-0.2, -0.15) is 0 Å². The number of ketones is 6. The maximum atomic E-state index is 17.6. The molecule has 0 aromatic carbocycles. The summed E-state index contributed by atoms with van der Waals surface area (Å²) >= 11 is 0. The summed E-state index contributed by atoms with van der Waals surface area (Å²) in [7, 11) is 0. The minimum Gasteiger partial charge on any atom is -0.504 e. The summed E-state index contributed by atoms with van der Waals surface area (Å²) in [5, 5.41) is 86.2. The van der Waals surface area contributed by atoms with Crippen molar-refractivity contribution < 1.29 is 83.2 Å². The first kappa shape index (κ1) is 57.6. The van der Waals surface area contributed by atoms with Crippen LogP contribution < -0.4 is 10.6 Å². The lowest BCUT2D eigenvalue weighted by molar-refractivity contribution is -0.455. The fourth-order valence-electron chi connectivity index (χ4n) is 22.4. The maximum Gasteiger partial charge on any atom is 0.256 e. The number of Topliss-reactive ketones (excluding diaryl/α,β-unsaturated/α-hetero) is 6. The van der Waals surface area contributed by atoms with E-state index in [9.17, 15) is 30.6 Å². The van der Waals surface area contributed by atoms with Gasteiger partial charge in [0.1, 0.15) is 28.5 Å². The van der Waals surface area contributed by atoms with E-state index in [1.807, 2.05) is 79.7 Å². The Kier molecular flexibility index (Phi) is 11.8. The molecule has 7 saturated heterocycles. The molecule has 4 spiro atoms. The Balaban J connectivity index is 1.09. The van der Waals surface area contributed by atoms with Gasteiger partial charge in [-0.3, -0.25) is 38.4 Å². The van der Waals surface area contributed by atoms with Crippen molar-refractivity contribution in [1.29, 1.82) is 0 Å². The quantitative estimate of drug-likeness (QED) is 0.147. The van der Waals surface area contributed by atoms with Gasteiger partial charge in [-0.1, -0.05) is 88.1 Å². The zero-order valence-electron chi connectivity index (χ0n) is 50.3. The first-order chi connectivity index (χ1) is 39.8. The molecule has 8 N–H and O–H groups in total. The van der Waals surface area contributed by atoms with Crippen molar-refractivity contribution in [2.45, 2.75) is 187 Å². The van der Waals surface area contributed by atoms with Gasteiger partial charge in [-0.05, 0) is 120 Å². The number of ether oxygens (including phenoxy) is 3. The molecule has 0 aromatic heterocycles.